The first-order valence-electron chi connectivity index (χ1n) is 6.56. The van der Waals surface area contributed by atoms with E-state index < -0.39 is 0 Å². The van der Waals surface area contributed by atoms with Crippen molar-refractivity contribution < 1.29 is 4.39 Å². The molecule has 2 rings (SSSR count). The second-order valence-electron chi connectivity index (χ2n) is 4.60. The highest BCUT2D eigenvalue weighted by atomic mass is 35.5. The molecule has 2 aromatic rings. The van der Waals surface area contributed by atoms with Gasteiger partial charge in [0.05, 0.1) is 23.6 Å². The smallest absolute Gasteiger partial charge is 0.127 e. The van der Waals surface area contributed by atoms with Gasteiger partial charge in [-0.3, -0.25) is 9.97 Å². The molecule has 0 saturated heterocycles. The van der Waals surface area contributed by atoms with Crippen molar-refractivity contribution in [2.24, 2.45) is 0 Å². The zero-order valence-corrected chi connectivity index (χ0v) is 12.3. The SMILES string of the molecule is CCNC(Cc1c(F)cccc1Cl)c1cnc(C)cn1. The van der Waals surface area contributed by atoms with Crippen molar-refractivity contribution in [1.82, 2.24) is 15.3 Å². The fraction of sp³-hybridized carbons (Fsp3) is 0.333. The maximum Gasteiger partial charge on any atom is 0.127 e. The van der Waals surface area contributed by atoms with Crippen molar-refractivity contribution in [3.05, 3.63) is 58.4 Å². The van der Waals surface area contributed by atoms with Crippen molar-refractivity contribution in [2.45, 2.75) is 26.3 Å². The molecule has 3 nitrogen and oxygen atoms in total. The first-order chi connectivity index (χ1) is 9.61. The third kappa shape index (κ3) is 3.52. The van der Waals surface area contributed by atoms with Crippen LogP contribution >= 0.6 is 11.6 Å². The van der Waals surface area contributed by atoms with E-state index in [2.05, 4.69) is 15.3 Å². The van der Waals surface area contributed by atoms with E-state index in [1.165, 1.54) is 6.07 Å². The molecule has 0 bridgehead atoms. The third-order valence-electron chi connectivity index (χ3n) is 3.08. The summed E-state index contributed by atoms with van der Waals surface area (Å²) in [6.45, 7) is 4.64. The number of hydrogen-bond donors (Lipinski definition) is 1. The number of nitrogens with zero attached hydrogens (tertiary/aromatic N) is 2. The van der Waals surface area contributed by atoms with Gasteiger partial charge in [0.15, 0.2) is 0 Å². The lowest BCUT2D eigenvalue weighted by Gasteiger charge is -2.18. The lowest BCUT2D eigenvalue weighted by Crippen LogP contribution is -2.24. The summed E-state index contributed by atoms with van der Waals surface area (Å²) in [5.41, 5.74) is 2.15. The number of nitrogens with one attached hydrogen (secondary N) is 1. The number of halogens is 2. The molecular weight excluding hydrogens is 277 g/mol. The van der Waals surface area contributed by atoms with Crippen LogP contribution in [0.25, 0.3) is 0 Å². The average molecular weight is 294 g/mol. The van der Waals surface area contributed by atoms with Gasteiger partial charge in [0.2, 0.25) is 0 Å². The standard InChI is InChI=1S/C15H17ClFN3/c1-3-18-14(15-9-19-10(2)8-20-15)7-11-12(16)5-4-6-13(11)17/h4-6,8-9,14,18H,3,7H2,1-2H3. The second kappa shape index (κ2) is 6.77. The highest BCUT2D eigenvalue weighted by Crippen LogP contribution is 2.24. The molecular formula is C15H17ClFN3. The largest absolute Gasteiger partial charge is 0.309 e. The first-order valence-corrected chi connectivity index (χ1v) is 6.94. The summed E-state index contributed by atoms with van der Waals surface area (Å²) in [7, 11) is 0. The minimum absolute atomic E-state index is 0.109. The Balaban J connectivity index is 2.28. The Hall–Kier alpha value is -1.52. The Bertz CT molecular complexity index is 552. The van der Waals surface area contributed by atoms with E-state index in [1.54, 1.807) is 24.5 Å². The van der Waals surface area contributed by atoms with E-state index in [4.69, 9.17) is 11.6 Å². The normalized spacial score (nSPS) is 12.4. The molecule has 1 aromatic heterocycles. The molecule has 0 aliphatic rings. The van der Waals surface area contributed by atoms with Crippen molar-refractivity contribution in [3.8, 4) is 0 Å². The molecule has 1 N–H and O–H groups in total. The zero-order chi connectivity index (χ0) is 14.5. The molecule has 0 radical (unpaired) electrons. The molecule has 106 valence electrons. The molecule has 1 unspecified atom stereocenters. The number of benzene rings is 1. The highest BCUT2D eigenvalue weighted by Gasteiger charge is 2.17. The monoisotopic (exact) mass is 293 g/mol. The van der Waals surface area contributed by atoms with Gasteiger partial charge in [-0.05, 0) is 32.0 Å². The van der Waals surface area contributed by atoms with E-state index >= 15 is 0 Å². The van der Waals surface area contributed by atoms with Crippen molar-refractivity contribution in [2.75, 3.05) is 6.54 Å². The Kier molecular flexibility index (Phi) is 5.04. The molecule has 1 heterocycles. The van der Waals surface area contributed by atoms with E-state index in [9.17, 15) is 4.39 Å². The number of rotatable bonds is 5. The predicted octanol–water partition coefficient (Wildman–Crippen LogP) is 3.47. The van der Waals surface area contributed by atoms with Crippen molar-refractivity contribution in [1.29, 1.82) is 0 Å². The molecule has 0 aliphatic carbocycles. The summed E-state index contributed by atoms with van der Waals surface area (Å²) in [6.07, 6.45) is 3.87. The van der Waals surface area contributed by atoms with Crippen LogP contribution in [0.1, 0.15) is 29.9 Å². The lowest BCUT2D eigenvalue weighted by molar-refractivity contribution is 0.516. The van der Waals surface area contributed by atoms with Crippen LogP contribution in [0.2, 0.25) is 5.02 Å². The topological polar surface area (TPSA) is 37.8 Å². The van der Waals surface area contributed by atoms with Gasteiger partial charge >= 0.3 is 0 Å². The number of hydrogen-bond acceptors (Lipinski definition) is 3. The van der Waals surface area contributed by atoms with Crippen LogP contribution in [0, 0.1) is 12.7 Å². The van der Waals surface area contributed by atoms with Gasteiger partial charge in [-0.15, -0.1) is 0 Å². The Morgan fingerprint density at radius 2 is 2.10 bits per heavy atom. The second-order valence-corrected chi connectivity index (χ2v) is 5.00. The van der Waals surface area contributed by atoms with Crippen LogP contribution in [0.5, 0.6) is 0 Å². The maximum atomic E-state index is 13.9. The van der Waals surface area contributed by atoms with E-state index in [0.717, 1.165) is 17.9 Å². The number of aryl methyl sites for hydroxylation is 1. The summed E-state index contributed by atoms with van der Waals surface area (Å²) in [5.74, 6) is -0.291. The minimum atomic E-state index is -0.291. The number of aromatic nitrogens is 2. The summed E-state index contributed by atoms with van der Waals surface area (Å²) >= 11 is 6.08. The van der Waals surface area contributed by atoms with E-state index in [-0.39, 0.29) is 11.9 Å². The zero-order valence-electron chi connectivity index (χ0n) is 11.5. The minimum Gasteiger partial charge on any atom is -0.309 e. The average Bonchev–Trinajstić information content (AvgIpc) is 2.43. The van der Waals surface area contributed by atoms with Crippen LogP contribution in [0.4, 0.5) is 4.39 Å². The van der Waals surface area contributed by atoms with Crippen molar-refractivity contribution >= 4 is 11.6 Å². The van der Waals surface area contributed by atoms with Crippen LogP contribution < -0.4 is 5.32 Å². The highest BCUT2D eigenvalue weighted by molar-refractivity contribution is 6.31. The molecule has 5 heteroatoms. The van der Waals surface area contributed by atoms with Crippen molar-refractivity contribution in [3.63, 3.8) is 0 Å². The van der Waals surface area contributed by atoms with Gasteiger partial charge in [-0.2, -0.15) is 0 Å². The molecule has 0 aliphatic heterocycles. The Labute approximate surface area is 123 Å². The van der Waals surface area contributed by atoms with Crippen LogP contribution in [-0.4, -0.2) is 16.5 Å². The van der Waals surface area contributed by atoms with Crippen LogP contribution in [-0.2, 0) is 6.42 Å². The van der Waals surface area contributed by atoms with Crippen LogP contribution in [0.3, 0.4) is 0 Å². The van der Waals surface area contributed by atoms with E-state index in [1.807, 2.05) is 13.8 Å². The molecule has 0 saturated carbocycles. The quantitative estimate of drug-likeness (QED) is 0.917. The molecule has 0 spiro atoms. The Morgan fingerprint density at radius 1 is 1.30 bits per heavy atom. The molecule has 0 amide bonds. The maximum absolute atomic E-state index is 13.9. The molecule has 1 aromatic carbocycles. The Morgan fingerprint density at radius 3 is 2.70 bits per heavy atom. The molecule has 20 heavy (non-hydrogen) atoms. The van der Waals surface area contributed by atoms with Gasteiger partial charge in [-0.25, -0.2) is 4.39 Å². The number of likely N-dealkylation sites (N-methyl/N-ethyl adjacent to an activating group) is 1. The summed E-state index contributed by atoms with van der Waals surface area (Å²) in [6, 6.07) is 4.62. The summed E-state index contributed by atoms with van der Waals surface area (Å²) in [4.78, 5) is 8.60. The summed E-state index contributed by atoms with van der Waals surface area (Å²) < 4.78 is 13.9. The van der Waals surface area contributed by atoms with Gasteiger partial charge in [-0.1, -0.05) is 24.6 Å². The summed E-state index contributed by atoms with van der Waals surface area (Å²) in [5, 5.41) is 3.73. The van der Waals surface area contributed by atoms with Gasteiger partial charge in [0, 0.05) is 16.8 Å². The van der Waals surface area contributed by atoms with Gasteiger partial charge in [0.1, 0.15) is 5.82 Å². The fourth-order valence-electron chi connectivity index (χ4n) is 2.04. The molecule has 1 atom stereocenters. The third-order valence-corrected chi connectivity index (χ3v) is 3.43. The molecule has 0 fully saturated rings. The fourth-order valence-corrected chi connectivity index (χ4v) is 2.28. The predicted molar refractivity (Wildman–Crippen MR) is 78.3 cm³/mol. The van der Waals surface area contributed by atoms with Crippen LogP contribution in [0.15, 0.2) is 30.6 Å². The van der Waals surface area contributed by atoms with Gasteiger partial charge in [0.25, 0.3) is 0 Å². The first kappa shape index (κ1) is 14.9. The van der Waals surface area contributed by atoms with E-state index in [0.29, 0.717) is 17.0 Å². The van der Waals surface area contributed by atoms with Gasteiger partial charge < -0.3 is 5.32 Å². The lowest BCUT2D eigenvalue weighted by atomic mass is 10.0.